The average molecular weight is 248 g/mol. The number of thiophene rings is 1. The van der Waals surface area contributed by atoms with Gasteiger partial charge in [0.1, 0.15) is 11.6 Å². The highest BCUT2D eigenvalue weighted by atomic mass is 32.1. The van der Waals surface area contributed by atoms with Gasteiger partial charge in [0.15, 0.2) is 0 Å². The zero-order chi connectivity index (χ0) is 12.3. The summed E-state index contributed by atoms with van der Waals surface area (Å²) in [6.07, 6.45) is 1.65. The Hall–Kier alpha value is -1.46. The Morgan fingerprint density at radius 3 is 2.82 bits per heavy atom. The summed E-state index contributed by atoms with van der Waals surface area (Å²) in [5, 5.41) is 2.06. The molecule has 4 nitrogen and oxygen atoms in total. The molecule has 0 saturated heterocycles. The van der Waals surface area contributed by atoms with Gasteiger partial charge in [-0.2, -0.15) is 0 Å². The monoisotopic (exact) mass is 248 g/mol. The molecule has 0 bridgehead atoms. The number of anilines is 1. The lowest BCUT2D eigenvalue weighted by Gasteiger charge is -2.10. The van der Waals surface area contributed by atoms with Crippen LogP contribution >= 0.6 is 11.3 Å². The number of nitrogens with one attached hydrogen (secondary N) is 1. The molecule has 2 aromatic heterocycles. The molecule has 5 heteroatoms. The van der Waals surface area contributed by atoms with Gasteiger partial charge in [-0.3, -0.25) is 0 Å². The highest BCUT2D eigenvalue weighted by molar-refractivity contribution is 7.09. The first-order valence-corrected chi connectivity index (χ1v) is 6.48. The van der Waals surface area contributed by atoms with Gasteiger partial charge in [-0.05, 0) is 24.8 Å². The summed E-state index contributed by atoms with van der Waals surface area (Å²) in [5.74, 6) is 7.03. The van der Waals surface area contributed by atoms with Gasteiger partial charge < -0.3 is 5.43 Å². The molecule has 0 atom stereocenters. The summed E-state index contributed by atoms with van der Waals surface area (Å²) in [6, 6.07) is 4.13. The molecule has 3 N–H and O–H groups in total. The first kappa shape index (κ1) is 12.0. The Morgan fingerprint density at radius 2 is 2.24 bits per heavy atom. The van der Waals surface area contributed by atoms with E-state index in [1.54, 1.807) is 11.3 Å². The smallest absolute Gasteiger partial charge is 0.146 e. The normalized spacial score (nSPS) is 10.5. The number of aromatic nitrogens is 2. The lowest BCUT2D eigenvalue weighted by Crippen LogP contribution is -2.14. The van der Waals surface area contributed by atoms with Gasteiger partial charge in [0.25, 0.3) is 0 Å². The molecule has 0 spiro atoms. The zero-order valence-corrected chi connectivity index (χ0v) is 10.8. The fraction of sp³-hybridized carbons (Fsp3) is 0.333. The van der Waals surface area contributed by atoms with Crippen LogP contribution in [0.2, 0.25) is 0 Å². The molecule has 2 aromatic rings. The van der Waals surface area contributed by atoms with E-state index < -0.39 is 0 Å². The van der Waals surface area contributed by atoms with Crippen LogP contribution in [0.1, 0.15) is 28.9 Å². The molecular formula is C12H16N4S. The Labute approximate surface area is 105 Å². The average Bonchev–Trinajstić information content (AvgIpc) is 2.84. The quantitative estimate of drug-likeness (QED) is 0.643. The minimum absolute atomic E-state index is 0.725. The summed E-state index contributed by atoms with van der Waals surface area (Å²) >= 11 is 1.72. The number of hydrogen-bond acceptors (Lipinski definition) is 5. The fourth-order valence-electron chi connectivity index (χ4n) is 1.75. The maximum Gasteiger partial charge on any atom is 0.146 e. The van der Waals surface area contributed by atoms with E-state index in [1.807, 2.05) is 13.0 Å². The van der Waals surface area contributed by atoms with Crippen LogP contribution in [-0.4, -0.2) is 9.97 Å². The molecule has 2 heterocycles. The molecule has 0 aliphatic heterocycles. The van der Waals surface area contributed by atoms with E-state index in [4.69, 9.17) is 5.84 Å². The van der Waals surface area contributed by atoms with Crippen LogP contribution in [0.3, 0.4) is 0 Å². The van der Waals surface area contributed by atoms with Gasteiger partial charge in [0.05, 0.1) is 0 Å². The van der Waals surface area contributed by atoms with Gasteiger partial charge in [0, 0.05) is 22.6 Å². The SMILES string of the molecule is CCc1nc(Cc2cccs2)nc(NN)c1C. The lowest BCUT2D eigenvalue weighted by molar-refractivity contribution is 0.893. The van der Waals surface area contributed by atoms with Crippen molar-refractivity contribution in [2.24, 2.45) is 5.84 Å². The summed E-state index contributed by atoms with van der Waals surface area (Å²) < 4.78 is 0. The van der Waals surface area contributed by atoms with Crippen molar-refractivity contribution in [3.63, 3.8) is 0 Å². The predicted molar refractivity (Wildman–Crippen MR) is 71.1 cm³/mol. The first-order valence-electron chi connectivity index (χ1n) is 5.60. The molecule has 2 rings (SSSR count). The molecule has 0 aliphatic rings. The standard InChI is InChI=1S/C12H16N4S/c1-3-10-8(2)12(16-13)15-11(14-10)7-9-5-4-6-17-9/h4-6H,3,7,13H2,1-2H3,(H,14,15,16). The molecular weight excluding hydrogens is 232 g/mol. The van der Waals surface area contributed by atoms with Gasteiger partial charge >= 0.3 is 0 Å². The van der Waals surface area contributed by atoms with Crippen molar-refractivity contribution < 1.29 is 0 Å². The maximum absolute atomic E-state index is 5.48. The number of hydrogen-bond donors (Lipinski definition) is 2. The summed E-state index contributed by atoms with van der Waals surface area (Å²) in [7, 11) is 0. The number of nitrogens with two attached hydrogens (primary N) is 1. The van der Waals surface area contributed by atoms with E-state index in [2.05, 4.69) is 33.8 Å². The van der Waals surface area contributed by atoms with Crippen LogP contribution in [0, 0.1) is 6.92 Å². The third kappa shape index (κ3) is 2.62. The predicted octanol–water partition coefficient (Wildman–Crippen LogP) is 2.29. The fourth-order valence-corrected chi connectivity index (χ4v) is 2.45. The zero-order valence-electron chi connectivity index (χ0n) is 10.0. The van der Waals surface area contributed by atoms with Crippen LogP contribution in [0.25, 0.3) is 0 Å². The Balaban J connectivity index is 2.34. The minimum Gasteiger partial charge on any atom is -0.308 e. The molecule has 0 fully saturated rings. The molecule has 17 heavy (non-hydrogen) atoms. The highest BCUT2D eigenvalue weighted by Gasteiger charge is 2.09. The molecule has 0 unspecified atom stereocenters. The van der Waals surface area contributed by atoms with Crippen molar-refractivity contribution in [3.05, 3.63) is 39.5 Å². The highest BCUT2D eigenvalue weighted by Crippen LogP contribution is 2.18. The molecule has 0 aliphatic carbocycles. The second-order valence-corrected chi connectivity index (χ2v) is 4.85. The van der Waals surface area contributed by atoms with Crippen molar-refractivity contribution >= 4 is 17.2 Å². The summed E-state index contributed by atoms with van der Waals surface area (Å²) in [4.78, 5) is 10.3. The Kier molecular flexibility index (Phi) is 3.71. The molecule has 0 radical (unpaired) electrons. The molecule has 0 aromatic carbocycles. The molecule has 0 saturated carbocycles. The largest absolute Gasteiger partial charge is 0.308 e. The summed E-state index contributed by atoms with van der Waals surface area (Å²) in [6.45, 7) is 4.08. The van der Waals surface area contributed by atoms with Crippen LogP contribution in [0.5, 0.6) is 0 Å². The number of nitrogens with zero attached hydrogens (tertiary/aromatic N) is 2. The topological polar surface area (TPSA) is 63.8 Å². The number of rotatable bonds is 4. The maximum atomic E-state index is 5.48. The Morgan fingerprint density at radius 1 is 1.41 bits per heavy atom. The van der Waals surface area contributed by atoms with Crippen LogP contribution in [0.15, 0.2) is 17.5 Å². The number of nitrogen functional groups attached to an aromatic ring is 1. The second kappa shape index (κ2) is 5.25. The van der Waals surface area contributed by atoms with E-state index >= 15 is 0 Å². The molecule has 0 amide bonds. The van der Waals surface area contributed by atoms with E-state index in [0.29, 0.717) is 0 Å². The van der Waals surface area contributed by atoms with Gasteiger partial charge in [-0.1, -0.05) is 13.0 Å². The number of hydrazine groups is 1. The summed E-state index contributed by atoms with van der Waals surface area (Å²) in [5.41, 5.74) is 4.73. The Bertz CT molecular complexity index is 468. The van der Waals surface area contributed by atoms with E-state index in [-0.39, 0.29) is 0 Å². The van der Waals surface area contributed by atoms with E-state index in [9.17, 15) is 0 Å². The molecule has 90 valence electrons. The van der Waals surface area contributed by atoms with Crippen molar-refractivity contribution in [2.75, 3.05) is 5.43 Å². The van der Waals surface area contributed by atoms with Crippen LogP contribution < -0.4 is 11.3 Å². The number of aryl methyl sites for hydroxylation is 1. The van der Waals surface area contributed by atoms with Crippen molar-refractivity contribution in [1.29, 1.82) is 0 Å². The third-order valence-electron chi connectivity index (χ3n) is 2.68. The van der Waals surface area contributed by atoms with Crippen molar-refractivity contribution in [1.82, 2.24) is 9.97 Å². The third-order valence-corrected chi connectivity index (χ3v) is 3.55. The first-order chi connectivity index (χ1) is 8.24. The van der Waals surface area contributed by atoms with E-state index in [1.165, 1.54) is 4.88 Å². The van der Waals surface area contributed by atoms with E-state index in [0.717, 1.165) is 35.7 Å². The second-order valence-electron chi connectivity index (χ2n) is 3.81. The van der Waals surface area contributed by atoms with Crippen LogP contribution in [-0.2, 0) is 12.8 Å². The minimum atomic E-state index is 0.725. The van der Waals surface area contributed by atoms with Crippen LogP contribution in [0.4, 0.5) is 5.82 Å². The lowest BCUT2D eigenvalue weighted by atomic mass is 10.2. The van der Waals surface area contributed by atoms with Gasteiger partial charge in [-0.15, -0.1) is 11.3 Å². The van der Waals surface area contributed by atoms with Gasteiger partial charge in [-0.25, -0.2) is 15.8 Å². The van der Waals surface area contributed by atoms with Crippen molar-refractivity contribution in [2.45, 2.75) is 26.7 Å². The van der Waals surface area contributed by atoms with Crippen molar-refractivity contribution in [3.8, 4) is 0 Å². The van der Waals surface area contributed by atoms with Gasteiger partial charge in [0.2, 0.25) is 0 Å².